The Kier molecular flexibility index (Phi) is 4.17. The van der Waals surface area contributed by atoms with Crippen LogP contribution < -0.4 is 19.5 Å². The molecule has 0 radical (unpaired) electrons. The van der Waals surface area contributed by atoms with Crippen LogP contribution in [0, 0.1) is 0 Å². The van der Waals surface area contributed by atoms with Gasteiger partial charge in [-0.1, -0.05) is 0 Å². The summed E-state index contributed by atoms with van der Waals surface area (Å²) in [5.74, 6) is 2.13. The number of ether oxygens (including phenoxy) is 3. The molecule has 106 valence electrons. The highest BCUT2D eigenvalue weighted by molar-refractivity contribution is 5.60. The van der Waals surface area contributed by atoms with Crippen LogP contribution >= 0.6 is 0 Å². The quantitative estimate of drug-likeness (QED) is 0.893. The van der Waals surface area contributed by atoms with Crippen molar-refractivity contribution in [3.8, 4) is 17.2 Å². The monoisotopic (exact) mass is 266 g/mol. The van der Waals surface area contributed by atoms with Crippen LogP contribution in [0.3, 0.4) is 0 Å². The molecule has 0 bridgehead atoms. The molecule has 0 saturated carbocycles. The highest BCUT2D eigenvalue weighted by atomic mass is 16.5. The van der Waals surface area contributed by atoms with Gasteiger partial charge in [0.15, 0.2) is 11.5 Å². The summed E-state index contributed by atoms with van der Waals surface area (Å²) in [6.45, 7) is 1.70. The van der Waals surface area contributed by atoms with Gasteiger partial charge in [0.2, 0.25) is 5.75 Å². The number of rotatable bonds is 4. The minimum atomic E-state index is 0.303. The fourth-order valence-electron chi connectivity index (χ4n) is 2.62. The van der Waals surface area contributed by atoms with Crippen LogP contribution in [-0.4, -0.2) is 46.9 Å². The van der Waals surface area contributed by atoms with Gasteiger partial charge < -0.3 is 24.4 Å². The van der Waals surface area contributed by atoms with Crippen molar-refractivity contribution in [2.24, 2.45) is 0 Å². The predicted molar refractivity (Wildman–Crippen MR) is 74.2 cm³/mol. The van der Waals surface area contributed by atoms with E-state index < -0.39 is 0 Å². The fraction of sp³-hybridized carbons (Fsp3) is 0.571. The summed E-state index contributed by atoms with van der Waals surface area (Å²) in [4.78, 5) is 2.19. The van der Waals surface area contributed by atoms with E-state index >= 15 is 0 Å². The van der Waals surface area contributed by atoms with Crippen molar-refractivity contribution in [3.05, 3.63) is 17.2 Å². The zero-order valence-electron chi connectivity index (χ0n) is 12.2. The molecule has 0 saturated heterocycles. The SMILES string of the molecule is COc1cc2c(c(OC)c1OC)CNC[C@@H]2N(C)C. The lowest BCUT2D eigenvalue weighted by atomic mass is 9.94. The molecule has 1 N–H and O–H groups in total. The molecule has 1 aliphatic rings. The average molecular weight is 266 g/mol. The first-order chi connectivity index (χ1) is 9.13. The Bertz CT molecular complexity index is 460. The summed E-state index contributed by atoms with van der Waals surface area (Å²) in [6.07, 6.45) is 0. The van der Waals surface area contributed by atoms with Gasteiger partial charge in [-0.2, -0.15) is 0 Å². The van der Waals surface area contributed by atoms with Crippen molar-refractivity contribution >= 4 is 0 Å². The van der Waals surface area contributed by atoms with Gasteiger partial charge in [-0.3, -0.25) is 0 Å². The summed E-state index contributed by atoms with van der Waals surface area (Å²) in [5.41, 5.74) is 2.38. The molecule has 1 heterocycles. The van der Waals surface area contributed by atoms with Crippen molar-refractivity contribution in [1.82, 2.24) is 10.2 Å². The zero-order chi connectivity index (χ0) is 14.0. The molecule has 0 aromatic heterocycles. The number of nitrogens with one attached hydrogen (secondary N) is 1. The second-order valence-electron chi connectivity index (χ2n) is 4.82. The zero-order valence-corrected chi connectivity index (χ0v) is 12.2. The summed E-state index contributed by atoms with van der Waals surface area (Å²) in [7, 11) is 9.09. The second kappa shape index (κ2) is 5.67. The van der Waals surface area contributed by atoms with Crippen molar-refractivity contribution < 1.29 is 14.2 Å². The Morgan fingerprint density at radius 2 is 1.79 bits per heavy atom. The smallest absolute Gasteiger partial charge is 0.203 e. The van der Waals surface area contributed by atoms with Crippen molar-refractivity contribution in [1.29, 1.82) is 0 Å². The van der Waals surface area contributed by atoms with Gasteiger partial charge in [0.1, 0.15) is 0 Å². The fourth-order valence-corrected chi connectivity index (χ4v) is 2.62. The van der Waals surface area contributed by atoms with E-state index in [1.54, 1.807) is 21.3 Å². The molecule has 0 spiro atoms. The van der Waals surface area contributed by atoms with Gasteiger partial charge in [0.25, 0.3) is 0 Å². The molecule has 1 atom stereocenters. The topological polar surface area (TPSA) is 43.0 Å². The van der Waals surface area contributed by atoms with E-state index in [2.05, 4.69) is 30.4 Å². The van der Waals surface area contributed by atoms with Crippen LogP contribution in [0.5, 0.6) is 17.2 Å². The Balaban J connectivity index is 2.63. The largest absolute Gasteiger partial charge is 0.493 e. The average Bonchev–Trinajstić information content (AvgIpc) is 2.43. The number of nitrogens with zero attached hydrogens (tertiary/aromatic N) is 1. The predicted octanol–water partition coefficient (Wildman–Crippen LogP) is 1.42. The highest BCUT2D eigenvalue weighted by Gasteiger charge is 2.28. The molecular weight excluding hydrogens is 244 g/mol. The Labute approximate surface area is 114 Å². The molecular formula is C14H22N2O3. The lowest BCUT2D eigenvalue weighted by Crippen LogP contribution is -2.36. The minimum Gasteiger partial charge on any atom is -0.493 e. The first kappa shape index (κ1) is 14.0. The van der Waals surface area contributed by atoms with Gasteiger partial charge in [-0.05, 0) is 25.7 Å². The summed E-state index contributed by atoms with van der Waals surface area (Å²) in [5, 5.41) is 3.42. The third-order valence-electron chi connectivity index (χ3n) is 3.59. The third-order valence-corrected chi connectivity index (χ3v) is 3.59. The van der Waals surface area contributed by atoms with E-state index in [4.69, 9.17) is 14.2 Å². The molecule has 0 unspecified atom stereocenters. The Morgan fingerprint density at radius 1 is 1.11 bits per heavy atom. The molecule has 0 amide bonds. The van der Waals surface area contributed by atoms with E-state index in [-0.39, 0.29) is 0 Å². The Morgan fingerprint density at radius 3 is 2.32 bits per heavy atom. The maximum absolute atomic E-state index is 5.54. The van der Waals surface area contributed by atoms with E-state index in [0.717, 1.165) is 24.4 Å². The van der Waals surface area contributed by atoms with E-state index in [1.165, 1.54) is 5.56 Å². The van der Waals surface area contributed by atoms with Gasteiger partial charge in [0.05, 0.1) is 21.3 Å². The number of benzene rings is 1. The lowest BCUT2D eigenvalue weighted by Gasteiger charge is -2.33. The number of hydrogen-bond donors (Lipinski definition) is 1. The molecule has 0 fully saturated rings. The normalized spacial score (nSPS) is 18.1. The van der Waals surface area contributed by atoms with Gasteiger partial charge in [-0.25, -0.2) is 0 Å². The lowest BCUT2D eigenvalue weighted by molar-refractivity contribution is 0.266. The molecule has 1 aromatic rings. The minimum absolute atomic E-state index is 0.303. The highest BCUT2D eigenvalue weighted by Crippen LogP contribution is 2.45. The van der Waals surface area contributed by atoms with Gasteiger partial charge >= 0.3 is 0 Å². The molecule has 1 aromatic carbocycles. The number of fused-ring (bicyclic) bond motifs is 1. The van der Waals surface area contributed by atoms with Gasteiger partial charge in [-0.15, -0.1) is 0 Å². The van der Waals surface area contributed by atoms with Crippen molar-refractivity contribution in [2.45, 2.75) is 12.6 Å². The molecule has 19 heavy (non-hydrogen) atoms. The standard InChI is InChI=1S/C14H22N2O3/c1-16(2)11-8-15-7-10-9(11)6-12(17-3)14(19-5)13(10)18-4/h6,11,15H,7-8H2,1-5H3/t11-/m0/s1. The van der Waals surface area contributed by atoms with Crippen LogP contribution in [0.15, 0.2) is 6.07 Å². The molecule has 0 aliphatic carbocycles. The van der Waals surface area contributed by atoms with Crippen LogP contribution in [0.1, 0.15) is 17.2 Å². The molecule has 5 heteroatoms. The van der Waals surface area contributed by atoms with Crippen molar-refractivity contribution in [3.63, 3.8) is 0 Å². The maximum atomic E-state index is 5.54. The third kappa shape index (κ3) is 2.35. The second-order valence-corrected chi connectivity index (χ2v) is 4.82. The maximum Gasteiger partial charge on any atom is 0.203 e. The van der Waals surface area contributed by atoms with Gasteiger partial charge in [0, 0.05) is 24.7 Å². The summed E-state index contributed by atoms with van der Waals surface area (Å²) < 4.78 is 16.4. The Hall–Kier alpha value is -1.46. The molecule has 2 rings (SSSR count). The number of methoxy groups -OCH3 is 3. The van der Waals surface area contributed by atoms with Crippen LogP contribution in [-0.2, 0) is 6.54 Å². The van der Waals surface area contributed by atoms with Crippen LogP contribution in [0.25, 0.3) is 0 Å². The first-order valence-corrected chi connectivity index (χ1v) is 6.32. The number of hydrogen-bond acceptors (Lipinski definition) is 5. The summed E-state index contributed by atoms with van der Waals surface area (Å²) >= 11 is 0. The van der Waals surface area contributed by atoms with E-state index in [0.29, 0.717) is 17.5 Å². The van der Waals surface area contributed by atoms with E-state index in [9.17, 15) is 0 Å². The first-order valence-electron chi connectivity index (χ1n) is 6.32. The molecule has 5 nitrogen and oxygen atoms in total. The van der Waals surface area contributed by atoms with Crippen LogP contribution in [0.2, 0.25) is 0 Å². The number of likely N-dealkylation sites (N-methyl/N-ethyl adjacent to an activating group) is 1. The summed E-state index contributed by atoms with van der Waals surface area (Å²) in [6, 6.07) is 2.36. The van der Waals surface area contributed by atoms with E-state index in [1.807, 2.05) is 0 Å². The van der Waals surface area contributed by atoms with Crippen LogP contribution in [0.4, 0.5) is 0 Å². The molecule has 1 aliphatic heterocycles. The van der Waals surface area contributed by atoms with Crippen molar-refractivity contribution in [2.75, 3.05) is 42.0 Å².